The number of rotatable bonds is 8. The van der Waals surface area contributed by atoms with Crippen molar-refractivity contribution in [1.29, 1.82) is 0 Å². The second kappa shape index (κ2) is 12.1. The zero-order valence-electron chi connectivity index (χ0n) is 23.5. The van der Waals surface area contributed by atoms with Crippen LogP contribution in [0.1, 0.15) is 41.0 Å². The summed E-state index contributed by atoms with van der Waals surface area (Å²) in [6.07, 6.45) is 0.892. The van der Waals surface area contributed by atoms with Crippen LogP contribution in [0.4, 0.5) is 13.2 Å². The highest BCUT2D eigenvalue weighted by atomic mass is 19.1. The number of hydrogen-bond acceptors (Lipinski definition) is 4. The van der Waals surface area contributed by atoms with Crippen LogP contribution >= 0.6 is 0 Å². The van der Waals surface area contributed by atoms with Gasteiger partial charge in [0, 0.05) is 12.1 Å². The molecule has 2 aliphatic heterocycles. The summed E-state index contributed by atoms with van der Waals surface area (Å²) in [5, 5.41) is 11.3. The largest absolute Gasteiger partial charge is 0.390 e. The Hall–Kier alpha value is -4.27. The van der Waals surface area contributed by atoms with E-state index in [2.05, 4.69) is 4.90 Å². The first-order chi connectivity index (χ1) is 20.8. The molecule has 6 rings (SSSR count). The van der Waals surface area contributed by atoms with Crippen LogP contribution in [0.25, 0.3) is 0 Å². The van der Waals surface area contributed by atoms with Gasteiger partial charge in [-0.2, -0.15) is 0 Å². The van der Waals surface area contributed by atoms with Crippen molar-refractivity contribution in [2.24, 2.45) is 4.99 Å². The number of aliphatic imine (C=N–C) groups is 1. The van der Waals surface area contributed by atoms with Crippen molar-refractivity contribution >= 4 is 11.7 Å². The molecule has 1 saturated heterocycles. The van der Waals surface area contributed by atoms with Gasteiger partial charge in [-0.05, 0) is 84.9 Å². The molecule has 0 bridgehead atoms. The summed E-state index contributed by atoms with van der Waals surface area (Å²) in [4.78, 5) is 23.2. The number of carbonyl (C=O) groups is 1. The second-order valence-corrected chi connectivity index (χ2v) is 11.2. The van der Waals surface area contributed by atoms with Crippen LogP contribution in [0.5, 0.6) is 0 Å². The summed E-state index contributed by atoms with van der Waals surface area (Å²) in [6, 6.07) is 27.1. The summed E-state index contributed by atoms with van der Waals surface area (Å²) < 4.78 is 41.3. The predicted molar refractivity (Wildman–Crippen MR) is 159 cm³/mol. The van der Waals surface area contributed by atoms with Crippen molar-refractivity contribution in [3.8, 4) is 0 Å². The molecule has 220 valence electrons. The van der Waals surface area contributed by atoms with Crippen LogP contribution in [0.2, 0.25) is 0 Å². The van der Waals surface area contributed by atoms with Crippen molar-refractivity contribution in [3.05, 3.63) is 143 Å². The molecular weight excluding hydrogens is 551 g/mol. The highest BCUT2D eigenvalue weighted by Gasteiger charge is 2.51. The average molecular weight is 584 g/mol. The molecule has 8 heteroatoms. The summed E-state index contributed by atoms with van der Waals surface area (Å²) in [6.45, 7) is 1.89. The van der Waals surface area contributed by atoms with E-state index in [0.717, 1.165) is 31.5 Å². The minimum atomic E-state index is -1.58. The Morgan fingerprint density at radius 2 is 1.26 bits per heavy atom. The van der Waals surface area contributed by atoms with Gasteiger partial charge in [-0.25, -0.2) is 18.2 Å². The van der Waals surface area contributed by atoms with Crippen LogP contribution in [0, 0.1) is 17.5 Å². The number of likely N-dealkylation sites (tertiary alicyclic amines) is 1. The van der Waals surface area contributed by atoms with E-state index in [4.69, 9.17) is 4.99 Å². The highest BCUT2D eigenvalue weighted by molar-refractivity contribution is 6.16. The molecule has 1 N–H and O–H groups in total. The third kappa shape index (κ3) is 5.85. The molecule has 0 saturated carbocycles. The molecule has 1 fully saturated rings. The predicted octanol–water partition coefficient (Wildman–Crippen LogP) is 5.88. The maximum Gasteiger partial charge on any atom is 0.265 e. The Morgan fingerprint density at radius 3 is 1.79 bits per heavy atom. The molecular formula is C35H32F3N3O2. The summed E-state index contributed by atoms with van der Waals surface area (Å²) in [5.41, 5.74) is 1.11. The molecule has 0 radical (unpaired) electrons. The van der Waals surface area contributed by atoms with Gasteiger partial charge in [0.1, 0.15) is 23.3 Å². The molecule has 2 aliphatic rings. The number of benzene rings is 4. The molecule has 2 heterocycles. The van der Waals surface area contributed by atoms with Gasteiger partial charge in [0.05, 0.1) is 12.6 Å². The first-order valence-corrected chi connectivity index (χ1v) is 14.5. The molecule has 1 amide bonds. The lowest BCUT2D eigenvalue weighted by atomic mass is 9.82. The summed E-state index contributed by atoms with van der Waals surface area (Å²) >= 11 is 0. The van der Waals surface area contributed by atoms with Gasteiger partial charge >= 0.3 is 0 Å². The fourth-order valence-electron chi connectivity index (χ4n) is 6.21. The minimum Gasteiger partial charge on any atom is -0.390 e. The molecule has 43 heavy (non-hydrogen) atoms. The Morgan fingerprint density at radius 1 is 0.744 bits per heavy atom. The molecule has 0 spiro atoms. The first-order valence-electron chi connectivity index (χ1n) is 14.5. The number of β-amino-alcohol motifs (C(OH)–C–C–N with tert-alkyl or cyclic N) is 1. The standard InChI is InChI=1S/C35H32F3N3O2/c36-29-12-6-24(7-13-29)25-18-20-40(21-19-25)22-32(42)23-41-33(26-4-2-1-3-5-26)39-35(34(41)43,27-8-14-30(37)15-9-27)28-10-16-31(38)17-11-28/h1-17,25,32,42H,18-23H2. The molecule has 5 nitrogen and oxygen atoms in total. The zero-order valence-corrected chi connectivity index (χ0v) is 23.5. The number of amides is 1. The number of nitrogens with zero attached hydrogens (tertiary/aromatic N) is 3. The number of carbonyl (C=O) groups excluding carboxylic acids is 1. The number of aliphatic hydroxyl groups is 1. The molecule has 1 atom stereocenters. The quantitative estimate of drug-likeness (QED) is 0.282. The maximum absolute atomic E-state index is 14.5. The molecule has 4 aromatic carbocycles. The molecule has 4 aromatic rings. The van der Waals surface area contributed by atoms with E-state index in [9.17, 15) is 23.1 Å². The van der Waals surface area contributed by atoms with Crippen molar-refractivity contribution in [3.63, 3.8) is 0 Å². The number of hydrogen-bond donors (Lipinski definition) is 1. The first kappa shape index (κ1) is 28.8. The number of aliphatic hydroxyl groups excluding tert-OH is 1. The van der Waals surface area contributed by atoms with E-state index < -0.39 is 29.2 Å². The SMILES string of the molecule is O=C1N(CC(O)CN2CCC(c3ccc(F)cc3)CC2)C(c2ccccc2)=NC1(c1ccc(F)cc1)c1ccc(F)cc1. The lowest BCUT2D eigenvalue weighted by Crippen LogP contribution is -2.48. The Balaban J connectivity index is 1.27. The fourth-order valence-corrected chi connectivity index (χ4v) is 6.21. The Kier molecular flexibility index (Phi) is 8.15. The van der Waals surface area contributed by atoms with E-state index >= 15 is 0 Å². The van der Waals surface area contributed by atoms with Gasteiger partial charge in [-0.15, -0.1) is 0 Å². The van der Waals surface area contributed by atoms with E-state index in [1.165, 1.54) is 65.6 Å². The second-order valence-electron chi connectivity index (χ2n) is 11.2. The summed E-state index contributed by atoms with van der Waals surface area (Å²) in [7, 11) is 0. The summed E-state index contributed by atoms with van der Waals surface area (Å²) in [5.74, 6) is -0.843. The third-order valence-electron chi connectivity index (χ3n) is 8.43. The van der Waals surface area contributed by atoms with E-state index in [1.807, 2.05) is 42.5 Å². The average Bonchev–Trinajstić information content (AvgIpc) is 3.31. The molecule has 1 unspecified atom stereocenters. The van der Waals surface area contributed by atoms with Crippen LogP contribution in [0.15, 0.2) is 108 Å². The van der Waals surface area contributed by atoms with Crippen molar-refractivity contribution < 1.29 is 23.1 Å². The fraction of sp³-hybridized carbons (Fsp3) is 0.257. The molecule has 0 aromatic heterocycles. The van der Waals surface area contributed by atoms with Gasteiger partial charge in [0.2, 0.25) is 0 Å². The van der Waals surface area contributed by atoms with Gasteiger partial charge in [-0.3, -0.25) is 9.69 Å². The van der Waals surface area contributed by atoms with Gasteiger partial charge < -0.3 is 10.0 Å². The van der Waals surface area contributed by atoms with Crippen LogP contribution in [0.3, 0.4) is 0 Å². The van der Waals surface area contributed by atoms with Gasteiger partial charge in [-0.1, -0.05) is 66.7 Å². The van der Waals surface area contributed by atoms with Crippen LogP contribution < -0.4 is 0 Å². The van der Waals surface area contributed by atoms with Crippen molar-refractivity contribution in [1.82, 2.24) is 9.80 Å². The van der Waals surface area contributed by atoms with E-state index in [1.54, 1.807) is 0 Å². The normalized spacial score (nSPS) is 18.1. The van der Waals surface area contributed by atoms with Gasteiger partial charge in [0.15, 0.2) is 5.54 Å². The number of amidine groups is 1. The number of halogens is 3. The monoisotopic (exact) mass is 583 g/mol. The lowest BCUT2D eigenvalue weighted by molar-refractivity contribution is -0.131. The van der Waals surface area contributed by atoms with Gasteiger partial charge in [0.25, 0.3) is 5.91 Å². The minimum absolute atomic E-state index is 0.00537. The maximum atomic E-state index is 14.5. The third-order valence-corrected chi connectivity index (χ3v) is 8.43. The van der Waals surface area contributed by atoms with Crippen LogP contribution in [-0.2, 0) is 10.3 Å². The van der Waals surface area contributed by atoms with E-state index in [0.29, 0.717) is 35.0 Å². The van der Waals surface area contributed by atoms with Crippen molar-refractivity contribution in [2.75, 3.05) is 26.2 Å². The smallest absolute Gasteiger partial charge is 0.265 e. The van der Waals surface area contributed by atoms with Crippen LogP contribution in [-0.4, -0.2) is 58.9 Å². The Bertz CT molecular complexity index is 1540. The Labute approximate surface area is 248 Å². The zero-order chi connectivity index (χ0) is 30.0. The van der Waals surface area contributed by atoms with Crippen molar-refractivity contribution in [2.45, 2.75) is 30.4 Å². The lowest BCUT2D eigenvalue weighted by Gasteiger charge is -2.34. The topological polar surface area (TPSA) is 56.1 Å². The highest BCUT2D eigenvalue weighted by Crippen LogP contribution is 2.41. The number of piperidine rings is 1. The van der Waals surface area contributed by atoms with E-state index in [-0.39, 0.29) is 12.4 Å². The molecule has 0 aliphatic carbocycles.